The molecule has 90 valence electrons. The lowest BCUT2D eigenvalue weighted by atomic mass is 10.1. The first kappa shape index (κ1) is 13.5. The van der Waals surface area contributed by atoms with E-state index in [0.29, 0.717) is 0 Å². The molecule has 1 aromatic carbocycles. The summed E-state index contributed by atoms with van der Waals surface area (Å²) in [7, 11) is 1.26. The Morgan fingerprint density at radius 1 is 1.24 bits per heavy atom. The summed E-state index contributed by atoms with van der Waals surface area (Å²) in [5.41, 5.74) is 0.864. The Kier molecular flexibility index (Phi) is 4.97. The lowest BCUT2D eigenvalue weighted by Gasteiger charge is -2.02. The molecule has 0 amide bonds. The van der Waals surface area contributed by atoms with Crippen LogP contribution in [0, 0.1) is 0 Å². The Balaban J connectivity index is 3.04. The minimum atomic E-state index is -0.605. The Morgan fingerprint density at radius 3 is 2.24 bits per heavy atom. The van der Waals surface area contributed by atoms with Crippen molar-refractivity contribution in [1.29, 1.82) is 0 Å². The van der Waals surface area contributed by atoms with E-state index in [1.54, 1.807) is 11.8 Å². The molecule has 0 fully saturated rings. The third-order valence-corrected chi connectivity index (χ3v) is 2.95. The summed E-state index contributed by atoms with van der Waals surface area (Å²) in [6.07, 6.45) is 3.53. The summed E-state index contributed by atoms with van der Waals surface area (Å²) in [5.74, 6) is -0.905. The molecule has 3 nitrogen and oxygen atoms in total. The van der Waals surface area contributed by atoms with Gasteiger partial charge in [0.15, 0.2) is 5.78 Å². The minimum Gasteiger partial charge on any atom is -0.465 e. The van der Waals surface area contributed by atoms with Crippen LogP contribution in [0.1, 0.15) is 12.5 Å². The number of hydrogen-bond acceptors (Lipinski definition) is 4. The summed E-state index contributed by atoms with van der Waals surface area (Å²) in [4.78, 5) is 23.8. The molecular formula is C13H14O3S. The van der Waals surface area contributed by atoms with E-state index in [0.717, 1.165) is 10.5 Å². The molecule has 0 aliphatic rings. The van der Waals surface area contributed by atoms with Crippen LogP contribution >= 0.6 is 11.8 Å². The second-order valence-corrected chi connectivity index (χ2v) is 4.26. The molecule has 0 saturated heterocycles. The number of ether oxygens (including phenoxy) is 1. The fraction of sp³-hybridized carbons (Fsp3) is 0.231. The number of Topliss-reactive ketones (excluding diaryl/α,β-unsaturated/α-hetero) is 1. The van der Waals surface area contributed by atoms with Crippen molar-refractivity contribution in [3.05, 3.63) is 35.4 Å². The Labute approximate surface area is 105 Å². The fourth-order valence-electron chi connectivity index (χ4n) is 1.28. The molecule has 0 atom stereocenters. The van der Waals surface area contributed by atoms with Crippen molar-refractivity contribution in [3.8, 4) is 0 Å². The molecular weight excluding hydrogens is 236 g/mol. The van der Waals surface area contributed by atoms with E-state index in [2.05, 4.69) is 4.74 Å². The van der Waals surface area contributed by atoms with Gasteiger partial charge in [-0.05, 0) is 37.0 Å². The number of rotatable bonds is 4. The van der Waals surface area contributed by atoms with Crippen LogP contribution in [-0.2, 0) is 14.3 Å². The topological polar surface area (TPSA) is 43.4 Å². The number of benzene rings is 1. The first-order chi connectivity index (χ1) is 8.08. The Hall–Kier alpha value is -1.55. The maximum atomic E-state index is 11.4. The Morgan fingerprint density at radius 2 is 1.82 bits per heavy atom. The second-order valence-electron chi connectivity index (χ2n) is 3.38. The van der Waals surface area contributed by atoms with E-state index >= 15 is 0 Å². The number of carbonyl (C=O) groups is 2. The van der Waals surface area contributed by atoms with Crippen LogP contribution in [0.3, 0.4) is 0 Å². The van der Waals surface area contributed by atoms with Crippen molar-refractivity contribution in [2.75, 3.05) is 13.4 Å². The molecule has 0 unspecified atom stereocenters. The molecule has 0 radical (unpaired) electrons. The quantitative estimate of drug-likeness (QED) is 0.271. The van der Waals surface area contributed by atoms with Gasteiger partial charge in [0.25, 0.3) is 0 Å². The highest BCUT2D eigenvalue weighted by Gasteiger charge is 2.14. The van der Waals surface area contributed by atoms with Crippen molar-refractivity contribution in [2.45, 2.75) is 11.8 Å². The first-order valence-electron chi connectivity index (χ1n) is 5.03. The van der Waals surface area contributed by atoms with Crippen molar-refractivity contribution in [1.82, 2.24) is 0 Å². The van der Waals surface area contributed by atoms with Gasteiger partial charge in [-0.15, -0.1) is 11.8 Å². The van der Waals surface area contributed by atoms with Crippen LogP contribution in [-0.4, -0.2) is 25.1 Å². The van der Waals surface area contributed by atoms with Gasteiger partial charge in [0.05, 0.1) is 7.11 Å². The molecule has 4 heteroatoms. The molecule has 0 aromatic heterocycles. The molecule has 17 heavy (non-hydrogen) atoms. The maximum Gasteiger partial charge on any atom is 0.341 e. The van der Waals surface area contributed by atoms with Crippen molar-refractivity contribution in [2.24, 2.45) is 0 Å². The maximum absolute atomic E-state index is 11.4. The molecule has 0 spiro atoms. The Bertz CT molecular complexity index is 446. The van der Waals surface area contributed by atoms with Gasteiger partial charge in [-0.2, -0.15) is 0 Å². The number of hydrogen-bond donors (Lipinski definition) is 0. The van der Waals surface area contributed by atoms with Gasteiger partial charge >= 0.3 is 5.97 Å². The molecule has 0 N–H and O–H groups in total. The standard InChI is InChI=1S/C13H14O3S/c1-9(14)12(13(15)16-2)8-10-4-6-11(17-3)7-5-10/h4-8H,1-3H3. The molecule has 0 heterocycles. The number of esters is 1. The fourth-order valence-corrected chi connectivity index (χ4v) is 1.69. The van der Waals surface area contributed by atoms with Crippen LogP contribution in [0.15, 0.2) is 34.7 Å². The van der Waals surface area contributed by atoms with Crippen molar-refractivity contribution >= 4 is 29.6 Å². The number of thioether (sulfide) groups is 1. The van der Waals surface area contributed by atoms with Gasteiger partial charge in [0, 0.05) is 4.90 Å². The molecule has 0 aliphatic carbocycles. The van der Waals surface area contributed by atoms with Crippen LogP contribution in [0.4, 0.5) is 0 Å². The summed E-state index contributed by atoms with van der Waals surface area (Å²) in [5, 5.41) is 0. The SMILES string of the molecule is COC(=O)C(=Cc1ccc(SC)cc1)C(C)=O. The van der Waals surface area contributed by atoms with Crippen molar-refractivity contribution in [3.63, 3.8) is 0 Å². The largest absolute Gasteiger partial charge is 0.465 e. The second kappa shape index (κ2) is 6.25. The van der Waals surface area contributed by atoms with E-state index in [1.807, 2.05) is 30.5 Å². The molecule has 0 bridgehead atoms. The van der Waals surface area contributed by atoms with Crippen LogP contribution in [0.5, 0.6) is 0 Å². The minimum absolute atomic E-state index is 0.0596. The van der Waals surface area contributed by atoms with Gasteiger partial charge in [0.1, 0.15) is 5.57 Å². The monoisotopic (exact) mass is 250 g/mol. The molecule has 1 rings (SSSR count). The van der Waals surface area contributed by atoms with Gasteiger partial charge in [0.2, 0.25) is 0 Å². The zero-order valence-electron chi connectivity index (χ0n) is 10.0. The first-order valence-corrected chi connectivity index (χ1v) is 6.26. The van der Waals surface area contributed by atoms with Gasteiger partial charge in [-0.3, -0.25) is 4.79 Å². The smallest absolute Gasteiger partial charge is 0.341 e. The lowest BCUT2D eigenvalue weighted by Crippen LogP contribution is -2.11. The van der Waals surface area contributed by atoms with Gasteiger partial charge in [-0.1, -0.05) is 12.1 Å². The normalized spacial score (nSPS) is 11.1. The lowest BCUT2D eigenvalue weighted by molar-refractivity contribution is -0.137. The number of carbonyl (C=O) groups excluding carboxylic acids is 2. The number of methoxy groups -OCH3 is 1. The summed E-state index contributed by atoms with van der Waals surface area (Å²) in [6, 6.07) is 7.59. The highest BCUT2D eigenvalue weighted by Crippen LogP contribution is 2.17. The third-order valence-electron chi connectivity index (χ3n) is 2.21. The van der Waals surface area contributed by atoms with Gasteiger partial charge in [-0.25, -0.2) is 4.79 Å². The predicted octanol–water partition coefficient (Wildman–Crippen LogP) is 2.55. The van der Waals surface area contributed by atoms with Gasteiger partial charge < -0.3 is 4.74 Å². The average Bonchev–Trinajstić information content (AvgIpc) is 2.35. The highest BCUT2D eigenvalue weighted by atomic mass is 32.2. The summed E-state index contributed by atoms with van der Waals surface area (Å²) >= 11 is 1.63. The van der Waals surface area contributed by atoms with E-state index in [1.165, 1.54) is 20.1 Å². The molecule has 0 saturated carbocycles. The van der Waals surface area contributed by atoms with Crippen molar-refractivity contribution < 1.29 is 14.3 Å². The zero-order valence-corrected chi connectivity index (χ0v) is 10.8. The molecule has 0 aliphatic heterocycles. The van der Waals surface area contributed by atoms with Crippen LogP contribution in [0.25, 0.3) is 6.08 Å². The number of ketones is 1. The summed E-state index contributed by atoms with van der Waals surface area (Å²) < 4.78 is 4.56. The zero-order chi connectivity index (χ0) is 12.8. The third kappa shape index (κ3) is 3.75. The van der Waals surface area contributed by atoms with E-state index < -0.39 is 5.97 Å². The molecule has 1 aromatic rings. The van der Waals surface area contributed by atoms with E-state index in [4.69, 9.17) is 0 Å². The summed E-state index contributed by atoms with van der Waals surface area (Å²) in [6.45, 7) is 1.35. The highest BCUT2D eigenvalue weighted by molar-refractivity contribution is 7.98. The predicted molar refractivity (Wildman–Crippen MR) is 68.9 cm³/mol. The van der Waals surface area contributed by atoms with E-state index in [9.17, 15) is 9.59 Å². The van der Waals surface area contributed by atoms with Crippen LogP contribution < -0.4 is 0 Å². The van der Waals surface area contributed by atoms with E-state index in [-0.39, 0.29) is 11.4 Å². The van der Waals surface area contributed by atoms with Crippen LogP contribution in [0.2, 0.25) is 0 Å². The average molecular weight is 250 g/mol.